The summed E-state index contributed by atoms with van der Waals surface area (Å²) in [4.78, 5) is 21.7. The van der Waals surface area contributed by atoms with E-state index in [9.17, 15) is 4.39 Å². The normalized spacial score (nSPS) is 14.8. The first kappa shape index (κ1) is 23.4. The van der Waals surface area contributed by atoms with Crippen LogP contribution in [-0.4, -0.2) is 58.1 Å². The van der Waals surface area contributed by atoms with Crippen LogP contribution >= 0.6 is 11.3 Å². The van der Waals surface area contributed by atoms with Crippen LogP contribution in [0.3, 0.4) is 0 Å². The van der Waals surface area contributed by atoms with Crippen LogP contribution in [-0.2, 0) is 0 Å². The number of aromatic amines is 1. The number of aryl methyl sites for hydroxylation is 1. The van der Waals surface area contributed by atoms with E-state index in [4.69, 9.17) is 4.74 Å². The molecule has 4 heterocycles. The highest BCUT2D eigenvalue weighted by atomic mass is 32.1. The molecule has 2 N–H and O–H groups in total. The van der Waals surface area contributed by atoms with E-state index in [2.05, 4.69) is 55.9 Å². The summed E-state index contributed by atoms with van der Waals surface area (Å²) in [6, 6.07) is 4.31. The average Bonchev–Trinajstić information content (AvgIpc) is 3.45. The number of H-pyrrole nitrogens is 1. The molecule has 0 aliphatic carbocycles. The molecule has 1 aromatic carbocycles. The maximum atomic E-state index is 15.2. The molecule has 5 rings (SSSR count). The fourth-order valence-corrected chi connectivity index (χ4v) is 4.77. The Labute approximate surface area is 206 Å². The van der Waals surface area contributed by atoms with Crippen molar-refractivity contribution in [3.05, 3.63) is 46.6 Å². The van der Waals surface area contributed by atoms with E-state index in [0.717, 1.165) is 37.1 Å². The number of piperazine rings is 1. The summed E-state index contributed by atoms with van der Waals surface area (Å²) in [6.07, 6.45) is 1.84. The lowest BCUT2D eigenvalue weighted by atomic mass is 10.2. The van der Waals surface area contributed by atoms with Crippen molar-refractivity contribution in [1.29, 1.82) is 0 Å². The van der Waals surface area contributed by atoms with Gasteiger partial charge in [0.2, 0.25) is 0 Å². The molecule has 3 aromatic heterocycles. The van der Waals surface area contributed by atoms with E-state index in [1.807, 2.05) is 12.3 Å². The zero-order valence-corrected chi connectivity index (χ0v) is 20.8. The lowest BCUT2D eigenvalue weighted by Crippen LogP contribution is -2.44. The molecular weight excluding hydrogens is 472 g/mol. The number of rotatable bonds is 6. The lowest BCUT2D eigenvalue weighted by molar-refractivity contribution is 0.311. The standard InChI is InChI=1S/C24H27F2N7OS/c1-13(2)18-12-27-24(35-18)30-19-11-20(33-7-5-32(4)6-8-33)31-23(29-19)34-17-10-16(25)22-15(21(17)26)9-14(3)28-22/h9-13,28H,5-8H2,1-4H3,(H,27,29,30,31). The van der Waals surface area contributed by atoms with Crippen LogP contribution in [0.2, 0.25) is 0 Å². The highest BCUT2D eigenvalue weighted by molar-refractivity contribution is 7.15. The zero-order valence-electron chi connectivity index (χ0n) is 20.0. The van der Waals surface area contributed by atoms with E-state index in [1.165, 1.54) is 11.3 Å². The Balaban J connectivity index is 1.50. The molecule has 8 nitrogen and oxygen atoms in total. The van der Waals surface area contributed by atoms with Crippen molar-refractivity contribution >= 4 is 39.0 Å². The molecule has 0 bridgehead atoms. The highest BCUT2D eigenvalue weighted by Gasteiger charge is 2.21. The smallest absolute Gasteiger partial charge is 0.326 e. The van der Waals surface area contributed by atoms with E-state index in [0.29, 0.717) is 28.4 Å². The van der Waals surface area contributed by atoms with Crippen LogP contribution in [0.5, 0.6) is 11.8 Å². The van der Waals surface area contributed by atoms with Crippen molar-refractivity contribution in [3.63, 3.8) is 0 Å². The molecule has 0 spiro atoms. The van der Waals surface area contributed by atoms with Gasteiger partial charge in [0.1, 0.15) is 11.6 Å². The molecule has 11 heteroatoms. The van der Waals surface area contributed by atoms with Crippen LogP contribution in [0, 0.1) is 18.6 Å². The van der Waals surface area contributed by atoms with Crippen molar-refractivity contribution in [1.82, 2.24) is 24.8 Å². The maximum absolute atomic E-state index is 15.2. The molecule has 0 atom stereocenters. The number of anilines is 3. The molecule has 0 unspecified atom stereocenters. The zero-order chi connectivity index (χ0) is 24.7. The van der Waals surface area contributed by atoms with Crippen molar-refractivity contribution < 1.29 is 13.5 Å². The van der Waals surface area contributed by atoms with Gasteiger partial charge in [-0.25, -0.2) is 13.8 Å². The number of likely N-dealkylation sites (N-methyl/N-ethyl adjacent to an activating group) is 1. The predicted octanol–water partition coefficient (Wildman–Crippen LogP) is 5.41. The van der Waals surface area contributed by atoms with Gasteiger partial charge in [0, 0.05) is 60.5 Å². The van der Waals surface area contributed by atoms with Crippen molar-refractivity contribution in [3.8, 4) is 11.8 Å². The number of hydrogen-bond acceptors (Lipinski definition) is 8. The molecule has 1 saturated heterocycles. The van der Waals surface area contributed by atoms with Crippen LogP contribution in [0.15, 0.2) is 24.4 Å². The van der Waals surface area contributed by atoms with Gasteiger partial charge in [-0.1, -0.05) is 13.8 Å². The molecule has 0 saturated carbocycles. The van der Waals surface area contributed by atoms with Gasteiger partial charge in [-0.3, -0.25) is 0 Å². The number of halogens is 2. The predicted molar refractivity (Wildman–Crippen MR) is 134 cm³/mol. The van der Waals surface area contributed by atoms with Gasteiger partial charge < -0.3 is 24.8 Å². The number of fused-ring (bicyclic) bond motifs is 1. The molecule has 35 heavy (non-hydrogen) atoms. The van der Waals surface area contributed by atoms with Gasteiger partial charge in [0.25, 0.3) is 0 Å². The molecule has 4 aromatic rings. The Bertz CT molecular complexity index is 1360. The molecule has 0 radical (unpaired) electrons. The third-order valence-electron chi connectivity index (χ3n) is 5.95. The maximum Gasteiger partial charge on any atom is 0.326 e. The molecule has 0 amide bonds. The monoisotopic (exact) mass is 499 g/mol. The Morgan fingerprint density at radius 1 is 1.11 bits per heavy atom. The second kappa shape index (κ2) is 9.38. The molecule has 1 aliphatic heterocycles. The first-order chi connectivity index (χ1) is 16.8. The summed E-state index contributed by atoms with van der Waals surface area (Å²) in [5, 5.41) is 4.02. The van der Waals surface area contributed by atoms with Gasteiger partial charge in [0.15, 0.2) is 22.5 Å². The van der Waals surface area contributed by atoms with Crippen molar-refractivity contribution in [2.75, 3.05) is 43.4 Å². The third-order valence-corrected chi connectivity index (χ3v) is 7.16. The highest BCUT2D eigenvalue weighted by Crippen LogP contribution is 2.34. The number of thiazole rings is 1. The molecule has 184 valence electrons. The molecule has 1 aliphatic rings. The number of benzene rings is 1. The van der Waals surface area contributed by atoms with Crippen molar-refractivity contribution in [2.24, 2.45) is 0 Å². The third kappa shape index (κ3) is 4.92. The van der Waals surface area contributed by atoms with Crippen LogP contribution in [0.4, 0.5) is 25.5 Å². The first-order valence-electron chi connectivity index (χ1n) is 11.5. The average molecular weight is 500 g/mol. The number of aromatic nitrogens is 4. The summed E-state index contributed by atoms with van der Waals surface area (Å²) in [7, 11) is 2.07. The Kier molecular flexibility index (Phi) is 6.28. The number of nitrogens with one attached hydrogen (secondary N) is 2. The topological polar surface area (TPSA) is 82.2 Å². The molecular formula is C24H27F2N7OS. The lowest BCUT2D eigenvalue weighted by Gasteiger charge is -2.33. The minimum Gasteiger partial charge on any atom is -0.421 e. The number of hydrogen-bond donors (Lipinski definition) is 2. The SMILES string of the molecule is Cc1cc2c(F)c(Oc3nc(Nc4ncc(C(C)C)s4)cc(N4CCN(C)CC4)n3)cc(F)c2[nH]1. The number of nitrogens with zero attached hydrogens (tertiary/aromatic N) is 5. The Morgan fingerprint density at radius 2 is 1.89 bits per heavy atom. The van der Waals surface area contributed by atoms with Gasteiger partial charge in [0.05, 0.1) is 5.52 Å². The fourth-order valence-electron chi connectivity index (χ4n) is 3.95. The van der Waals surface area contributed by atoms with Gasteiger partial charge in [-0.15, -0.1) is 11.3 Å². The molecule has 1 fully saturated rings. The summed E-state index contributed by atoms with van der Waals surface area (Å²) in [5.74, 6) is -0.0823. The minimum absolute atomic E-state index is 0.0746. The number of ether oxygens (including phenoxy) is 1. The van der Waals surface area contributed by atoms with Crippen LogP contribution in [0.25, 0.3) is 10.9 Å². The van der Waals surface area contributed by atoms with Crippen molar-refractivity contribution in [2.45, 2.75) is 26.7 Å². The van der Waals surface area contributed by atoms with Gasteiger partial charge in [-0.05, 0) is 26.0 Å². The summed E-state index contributed by atoms with van der Waals surface area (Å²) < 4.78 is 35.5. The largest absolute Gasteiger partial charge is 0.421 e. The van der Waals surface area contributed by atoms with Crippen LogP contribution < -0.4 is 15.0 Å². The first-order valence-corrected chi connectivity index (χ1v) is 12.3. The quantitative estimate of drug-likeness (QED) is 0.367. The van der Waals surface area contributed by atoms with Gasteiger partial charge in [-0.2, -0.15) is 9.97 Å². The van der Waals surface area contributed by atoms with Crippen LogP contribution in [0.1, 0.15) is 30.3 Å². The summed E-state index contributed by atoms with van der Waals surface area (Å²) in [6.45, 7) is 9.28. The Hall–Kier alpha value is -3.31. The van der Waals surface area contributed by atoms with E-state index in [1.54, 1.807) is 13.0 Å². The van der Waals surface area contributed by atoms with E-state index in [-0.39, 0.29) is 22.7 Å². The fraction of sp³-hybridized carbons (Fsp3) is 0.375. The van der Waals surface area contributed by atoms with E-state index >= 15 is 4.39 Å². The summed E-state index contributed by atoms with van der Waals surface area (Å²) >= 11 is 1.54. The van der Waals surface area contributed by atoms with E-state index < -0.39 is 11.6 Å². The van der Waals surface area contributed by atoms with Gasteiger partial charge >= 0.3 is 6.01 Å². The minimum atomic E-state index is -0.671. The second-order valence-electron chi connectivity index (χ2n) is 9.05. The second-order valence-corrected chi connectivity index (χ2v) is 10.1. The Morgan fingerprint density at radius 3 is 2.60 bits per heavy atom. The summed E-state index contributed by atoms with van der Waals surface area (Å²) in [5.41, 5.74) is 0.755.